The van der Waals surface area contributed by atoms with E-state index in [9.17, 15) is 4.79 Å². The second kappa shape index (κ2) is 3.79. The summed E-state index contributed by atoms with van der Waals surface area (Å²) in [6.45, 7) is 3.02. The van der Waals surface area contributed by atoms with Gasteiger partial charge in [0.2, 0.25) is 0 Å². The van der Waals surface area contributed by atoms with Crippen LogP contribution < -0.4 is 5.32 Å². The molecule has 1 N–H and O–H groups in total. The smallest absolute Gasteiger partial charge is 0.194 e. The molecule has 14 heavy (non-hydrogen) atoms. The van der Waals surface area contributed by atoms with E-state index in [1.165, 1.54) is 11.5 Å². The Hall–Kier alpha value is -0.740. The van der Waals surface area contributed by atoms with Crippen LogP contribution in [0.3, 0.4) is 0 Å². The lowest BCUT2D eigenvalue weighted by molar-refractivity contribution is 0.0868. The van der Waals surface area contributed by atoms with Crippen LogP contribution in [0.25, 0.3) is 0 Å². The van der Waals surface area contributed by atoms with E-state index in [1.807, 2.05) is 6.07 Å². The third-order valence-electron chi connectivity index (χ3n) is 2.94. The van der Waals surface area contributed by atoms with Gasteiger partial charge in [0.1, 0.15) is 0 Å². The molecule has 1 unspecified atom stereocenters. The van der Waals surface area contributed by atoms with Crippen LogP contribution in [0.2, 0.25) is 0 Å². The van der Waals surface area contributed by atoms with Crippen molar-refractivity contribution in [1.82, 2.24) is 9.69 Å². The van der Waals surface area contributed by atoms with Crippen LogP contribution in [-0.4, -0.2) is 22.2 Å². The Bertz CT molecular complexity index is 315. The number of nitrogens with one attached hydrogen (secondary N) is 1. The first-order chi connectivity index (χ1) is 6.78. The largest absolute Gasteiger partial charge is 0.305 e. The number of hydrogen-bond donors (Lipinski definition) is 1. The zero-order valence-corrected chi connectivity index (χ0v) is 9.06. The van der Waals surface area contributed by atoms with Crippen molar-refractivity contribution in [3.8, 4) is 0 Å². The zero-order valence-electron chi connectivity index (χ0n) is 8.25. The first kappa shape index (κ1) is 9.80. The number of ketones is 1. The van der Waals surface area contributed by atoms with Gasteiger partial charge in [-0.1, -0.05) is 6.92 Å². The third-order valence-corrected chi connectivity index (χ3v) is 3.69. The lowest BCUT2D eigenvalue weighted by Crippen LogP contribution is -2.46. The molecule has 1 aromatic heterocycles. The Balaban J connectivity index is 2.24. The van der Waals surface area contributed by atoms with Crippen LogP contribution in [0.1, 0.15) is 35.9 Å². The van der Waals surface area contributed by atoms with Gasteiger partial charge in [0.25, 0.3) is 0 Å². The summed E-state index contributed by atoms with van der Waals surface area (Å²) in [7, 11) is 0. The Morgan fingerprint density at radius 3 is 3.14 bits per heavy atom. The van der Waals surface area contributed by atoms with Crippen LogP contribution in [0.15, 0.2) is 12.3 Å². The van der Waals surface area contributed by atoms with Gasteiger partial charge < -0.3 is 5.32 Å². The van der Waals surface area contributed by atoms with Crippen molar-refractivity contribution in [2.24, 2.45) is 0 Å². The van der Waals surface area contributed by atoms with Crippen molar-refractivity contribution in [2.75, 3.05) is 6.54 Å². The summed E-state index contributed by atoms with van der Waals surface area (Å²) >= 11 is 1.29. The van der Waals surface area contributed by atoms with Gasteiger partial charge in [-0.05, 0) is 43.4 Å². The molecule has 3 nitrogen and oxygen atoms in total. The molecular formula is C10H14N2OS. The van der Waals surface area contributed by atoms with E-state index < -0.39 is 0 Å². The van der Waals surface area contributed by atoms with Gasteiger partial charge in [-0.15, -0.1) is 0 Å². The maximum absolute atomic E-state index is 12.2. The summed E-state index contributed by atoms with van der Waals surface area (Å²) in [6, 6.07) is 1.81. The quantitative estimate of drug-likeness (QED) is 0.774. The minimum absolute atomic E-state index is 0.222. The minimum atomic E-state index is -0.299. The van der Waals surface area contributed by atoms with Crippen molar-refractivity contribution in [3.05, 3.63) is 17.1 Å². The van der Waals surface area contributed by atoms with Gasteiger partial charge in [0, 0.05) is 6.20 Å². The van der Waals surface area contributed by atoms with Gasteiger partial charge in [-0.25, -0.2) is 4.37 Å². The molecule has 1 atom stereocenters. The molecule has 2 heterocycles. The standard InChI is InChI=1S/C10H14N2OS/c1-2-10(5-3-6-11-10)9(13)8-4-7-12-14-8/h4,7,11H,2-3,5-6H2,1H3. The first-order valence-electron chi connectivity index (χ1n) is 4.99. The summed E-state index contributed by atoms with van der Waals surface area (Å²) in [4.78, 5) is 12.9. The fourth-order valence-corrected chi connectivity index (χ4v) is 2.67. The van der Waals surface area contributed by atoms with E-state index in [4.69, 9.17) is 0 Å². The van der Waals surface area contributed by atoms with E-state index in [-0.39, 0.29) is 11.3 Å². The fraction of sp³-hybridized carbons (Fsp3) is 0.600. The Labute approximate surface area is 87.7 Å². The molecule has 1 aliphatic heterocycles. The molecule has 1 aliphatic rings. The summed E-state index contributed by atoms with van der Waals surface area (Å²) < 4.78 is 3.97. The normalized spacial score (nSPS) is 26.6. The number of aromatic nitrogens is 1. The van der Waals surface area contributed by atoms with Gasteiger partial charge >= 0.3 is 0 Å². The predicted octanol–water partition coefficient (Wildman–Crippen LogP) is 1.86. The van der Waals surface area contributed by atoms with Crippen molar-refractivity contribution in [2.45, 2.75) is 31.7 Å². The second-order valence-electron chi connectivity index (χ2n) is 3.67. The van der Waals surface area contributed by atoms with Gasteiger partial charge in [0.15, 0.2) is 5.78 Å². The topological polar surface area (TPSA) is 42.0 Å². The predicted molar refractivity (Wildman–Crippen MR) is 56.7 cm³/mol. The third kappa shape index (κ3) is 1.48. The lowest BCUT2D eigenvalue weighted by atomic mass is 9.88. The number of hydrogen-bond acceptors (Lipinski definition) is 4. The number of nitrogens with zero attached hydrogens (tertiary/aromatic N) is 1. The Morgan fingerprint density at radius 1 is 1.79 bits per heavy atom. The Kier molecular flexibility index (Phi) is 2.65. The van der Waals surface area contributed by atoms with Crippen LogP contribution in [0.4, 0.5) is 0 Å². The molecule has 1 aromatic rings. The molecule has 2 rings (SSSR count). The molecule has 1 fully saturated rings. The van der Waals surface area contributed by atoms with Crippen LogP contribution in [0.5, 0.6) is 0 Å². The Morgan fingerprint density at radius 2 is 2.64 bits per heavy atom. The molecule has 0 spiro atoms. The summed E-state index contributed by atoms with van der Waals surface area (Å²) in [5, 5.41) is 3.34. The van der Waals surface area contributed by atoms with E-state index >= 15 is 0 Å². The maximum Gasteiger partial charge on any atom is 0.194 e. The molecule has 0 radical (unpaired) electrons. The highest BCUT2D eigenvalue weighted by atomic mass is 32.1. The summed E-state index contributed by atoms with van der Waals surface area (Å²) in [6.07, 6.45) is 4.61. The number of Topliss-reactive ketones (excluding diaryl/α,β-unsaturated/α-hetero) is 1. The van der Waals surface area contributed by atoms with E-state index in [0.29, 0.717) is 0 Å². The molecule has 0 aromatic carbocycles. The lowest BCUT2D eigenvalue weighted by Gasteiger charge is -2.25. The van der Waals surface area contributed by atoms with Crippen LogP contribution in [0, 0.1) is 0 Å². The highest BCUT2D eigenvalue weighted by Gasteiger charge is 2.39. The summed E-state index contributed by atoms with van der Waals surface area (Å²) in [5.74, 6) is 0.222. The van der Waals surface area contributed by atoms with Crippen molar-refractivity contribution >= 4 is 17.3 Å². The molecule has 1 saturated heterocycles. The highest BCUT2D eigenvalue weighted by Crippen LogP contribution is 2.28. The fourth-order valence-electron chi connectivity index (χ4n) is 2.03. The minimum Gasteiger partial charge on any atom is -0.305 e. The molecule has 76 valence electrons. The van der Waals surface area contributed by atoms with E-state index in [2.05, 4.69) is 16.6 Å². The van der Waals surface area contributed by atoms with Crippen molar-refractivity contribution in [1.29, 1.82) is 0 Å². The molecule has 0 aliphatic carbocycles. The van der Waals surface area contributed by atoms with Crippen LogP contribution in [-0.2, 0) is 0 Å². The molecule has 0 bridgehead atoms. The molecule has 4 heteroatoms. The van der Waals surface area contributed by atoms with E-state index in [0.717, 1.165) is 30.7 Å². The van der Waals surface area contributed by atoms with Gasteiger partial charge in [0.05, 0.1) is 10.4 Å². The van der Waals surface area contributed by atoms with Crippen LogP contribution >= 0.6 is 11.5 Å². The van der Waals surface area contributed by atoms with E-state index in [1.54, 1.807) is 6.20 Å². The SMILES string of the molecule is CCC1(C(=O)c2ccns2)CCCN1. The van der Waals surface area contributed by atoms with Crippen molar-refractivity contribution in [3.63, 3.8) is 0 Å². The first-order valence-corrected chi connectivity index (χ1v) is 5.76. The van der Waals surface area contributed by atoms with Gasteiger partial charge in [-0.3, -0.25) is 4.79 Å². The zero-order chi connectivity index (χ0) is 10.0. The number of carbonyl (C=O) groups is 1. The summed E-state index contributed by atoms with van der Waals surface area (Å²) in [5.41, 5.74) is -0.299. The molecular weight excluding hydrogens is 196 g/mol. The highest BCUT2D eigenvalue weighted by molar-refractivity contribution is 7.08. The second-order valence-corrected chi connectivity index (χ2v) is 4.51. The molecule has 0 saturated carbocycles. The maximum atomic E-state index is 12.2. The average Bonchev–Trinajstić information content (AvgIpc) is 2.89. The van der Waals surface area contributed by atoms with Crippen molar-refractivity contribution < 1.29 is 4.79 Å². The molecule has 0 amide bonds. The monoisotopic (exact) mass is 210 g/mol. The average molecular weight is 210 g/mol. The number of carbonyl (C=O) groups excluding carboxylic acids is 1. The van der Waals surface area contributed by atoms with Gasteiger partial charge in [-0.2, -0.15) is 0 Å². The number of rotatable bonds is 3.